The first-order chi connectivity index (χ1) is 6.15. The third-order valence-electron chi connectivity index (χ3n) is 2.14. The van der Waals surface area contributed by atoms with E-state index < -0.39 is 0 Å². The van der Waals surface area contributed by atoms with Crippen molar-refractivity contribution in [1.29, 1.82) is 0 Å². The van der Waals surface area contributed by atoms with Crippen molar-refractivity contribution < 1.29 is 5.11 Å². The van der Waals surface area contributed by atoms with E-state index in [4.69, 9.17) is 0 Å². The van der Waals surface area contributed by atoms with E-state index in [0.29, 0.717) is 0 Å². The lowest BCUT2D eigenvalue weighted by Crippen LogP contribution is -2.29. The minimum atomic E-state index is -0.373. The normalized spacial score (nSPS) is 15.4. The number of anilines is 1. The number of aliphatic hydroxyl groups is 1. The average molecular weight is 183 g/mol. The summed E-state index contributed by atoms with van der Waals surface area (Å²) in [5, 5.41) is 12.4. The maximum absolute atomic E-state index is 9.28. The van der Waals surface area contributed by atoms with Crippen LogP contribution >= 0.6 is 0 Å². The summed E-state index contributed by atoms with van der Waals surface area (Å²) in [7, 11) is 0. The first-order valence-electron chi connectivity index (χ1n) is 4.61. The Balaban J connectivity index is 2.62. The van der Waals surface area contributed by atoms with Crippen molar-refractivity contribution in [2.24, 2.45) is 0 Å². The second-order valence-corrected chi connectivity index (χ2v) is 3.21. The minimum absolute atomic E-state index is 0.0210. The van der Waals surface area contributed by atoms with Crippen molar-refractivity contribution in [1.82, 2.24) is 9.55 Å². The third-order valence-corrected chi connectivity index (χ3v) is 2.14. The highest BCUT2D eigenvalue weighted by Crippen LogP contribution is 2.07. The van der Waals surface area contributed by atoms with Crippen LogP contribution in [0.25, 0.3) is 0 Å². The Morgan fingerprint density at radius 3 is 2.85 bits per heavy atom. The second-order valence-electron chi connectivity index (χ2n) is 3.21. The van der Waals surface area contributed by atoms with Crippen LogP contribution in [0, 0.1) is 0 Å². The van der Waals surface area contributed by atoms with E-state index >= 15 is 0 Å². The molecule has 1 heterocycles. The van der Waals surface area contributed by atoms with Crippen LogP contribution in [-0.2, 0) is 6.54 Å². The predicted molar refractivity (Wildman–Crippen MR) is 52.7 cm³/mol. The summed E-state index contributed by atoms with van der Waals surface area (Å²) in [6, 6.07) is 0.0210. The lowest BCUT2D eigenvalue weighted by atomic mass is 10.2. The first kappa shape index (κ1) is 10.1. The highest BCUT2D eigenvalue weighted by molar-refractivity contribution is 5.27. The SMILES string of the molecule is CCn1ccnc1NC(C)C(C)O. The molecule has 2 N–H and O–H groups in total. The maximum atomic E-state index is 9.28. The van der Waals surface area contributed by atoms with Crippen LogP contribution in [0.15, 0.2) is 12.4 Å². The van der Waals surface area contributed by atoms with Crippen LogP contribution < -0.4 is 5.32 Å². The van der Waals surface area contributed by atoms with Gasteiger partial charge in [0.1, 0.15) is 0 Å². The van der Waals surface area contributed by atoms with Gasteiger partial charge >= 0.3 is 0 Å². The van der Waals surface area contributed by atoms with Gasteiger partial charge in [-0.15, -0.1) is 0 Å². The van der Waals surface area contributed by atoms with E-state index in [1.807, 2.05) is 17.7 Å². The van der Waals surface area contributed by atoms with Gasteiger partial charge in [0, 0.05) is 18.9 Å². The van der Waals surface area contributed by atoms with Gasteiger partial charge in [0.15, 0.2) is 0 Å². The van der Waals surface area contributed by atoms with E-state index in [9.17, 15) is 5.11 Å². The number of nitrogens with zero attached hydrogens (tertiary/aromatic N) is 2. The second kappa shape index (κ2) is 4.28. The monoisotopic (exact) mass is 183 g/mol. The number of rotatable bonds is 4. The maximum Gasteiger partial charge on any atom is 0.203 e. The molecule has 0 bridgehead atoms. The molecule has 1 aromatic heterocycles. The van der Waals surface area contributed by atoms with Gasteiger partial charge in [-0.3, -0.25) is 0 Å². The smallest absolute Gasteiger partial charge is 0.203 e. The molecule has 0 saturated carbocycles. The van der Waals surface area contributed by atoms with E-state index in [2.05, 4.69) is 17.2 Å². The molecule has 0 aliphatic rings. The molecule has 0 spiro atoms. The van der Waals surface area contributed by atoms with Crippen molar-refractivity contribution in [3.8, 4) is 0 Å². The molecule has 74 valence electrons. The molecule has 0 fully saturated rings. The Morgan fingerprint density at radius 1 is 1.62 bits per heavy atom. The summed E-state index contributed by atoms with van der Waals surface area (Å²) < 4.78 is 2.00. The number of hydrogen-bond donors (Lipinski definition) is 2. The van der Waals surface area contributed by atoms with Gasteiger partial charge in [0.25, 0.3) is 0 Å². The van der Waals surface area contributed by atoms with Crippen molar-refractivity contribution in [3.05, 3.63) is 12.4 Å². The van der Waals surface area contributed by atoms with Gasteiger partial charge in [-0.05, 0) is 20.8 Å². The Labute approximate surface area is 78.6 Å². The summed E-state index contributed by atoms with van der Waals surface area (Å²) >= 11 is 0. The summed E-state index contributed by atoms with van der Waals surface area (Å²) in [5.41, 5.74) is 0. The van der Waals surface area contributed by atoms with Crippen LogP contribution in [-0.4, -0.2) is 26.8 Å². The zero-order valence-electron chi connectivity index (χ0n) is 8.36. The van der Waals surface area contributed by atoms with Crippen molar-refractivity contribution in [2.75, 3.05) is 5.32 Å². The number of aliphatic hydroxyl groups excluding tert-OH is 1. The molecule has 2 unspecified atom stereocenters. The number of hydrogen-bond acceptors (Lipinski definition) is 3. The van der Waals surface area contributed by atoms with E-state index in [1.54, 1.807) is 13.1 Å². The minimum Gasteiger partial charge on any atom is -0.391 e. The molecule has 4 heteroatoms. The van der Waals surface area contributed by atoms with Crippen molar-refractivity contribution >= 4 is 5.95 Å². The Bertz CT molecular complexity index is 257. The molecule has 4 nitrogen and oxygen atoms in total. The van der Waals surface area contributed by atoms with Crippen LogP contribution in [0.5, 0.6) is 0 Å². The summed E-state index contributed by atoms with van der Waals surface area (Å²) in [6.07, 6.45) is 3.29. The molecule has 0 amide bonds. The van der Waals surface area contributed by atoms with Crippen LogP contribution in [0.2, 0.25) is 0 Å². The van der Waals surface area contributed by atoms with E-state index in [1.165, 1.54) is 0 Å². The number of nitrogens with one attached hydrogen (secondary N) is 1. The molecular formula is C9H17N3O. The van der Waals surface area contributed by atoms with E-state index in [-0.39, 0.29) is 12.1 Å². The largest absolute Gasteiger partial charge is 0.391 e. The third kappa shape index (κ3) is 2.45. The van der Waals surface area contributed by atoms with Crippen molar-refractivity contribution in [2.45, 2.75) is 39.5 Å². The van der Waals surface area contributed by atoms with Gasteiger partial charge in [-0.25, -0.2) is 4.98 Å². The molecule has 0 aliphatic heterocycles. The van der Waals surface area contributed by atoms with Gasteiger partial charge in [0.05, 0.1) is 12.1 Å². The Morgan fingerprint density at radius 2 is 2.31 bits per heavy atom. The molecular weight excluding hydrogens is 166 g/mol. The Kier molecular flexibility index (Phi) is 3.31. The predicted octanol–water partition coefficient (Wildman–Crippen LogP) is 1.08. The number of aromatic nitrogens is 2. The van der Waals surface area contributed by atoms with E-state index in [0.717, 1.165) is 12.5 Å². The highest BCUT2D eigenvalue weighted by atomic mass is 16.3. The molecule has 2 atom stereocenters. The average Bonchev–Trinajstić information content (AvgIpc) is 2.51. The van der Waals surface area contributed by atoms with Gasteiger partial charge in [0.2, 0.25) is 5.95 Å². The van der Waals surface area contributed by atoms with Gasteiger partial charge < -0.3 is 15.0 Å². The van der Waals surface area contributed by atoms with Crippen LogP contribution in [0.1, 0.15) is 20.8 Å². The summed E-state index contributed by atoms with van der Waals surface area (Å²) in [4.78, 5) is 4.15. The quantitative estimate of drug-likeness (QED) is 0.734. The first-order valence-corrected chi connectivity index (χ1v) is 4.61. The highest BCUT2D eigenvalue weighted by Gasteiger charge is 2.10. The lowest BCUT2D eigenvalue weighted by molar-refractivity contribution is 0.177. The Hall–Kier alpha value is -1.03. The fraction of sp³-hybridized carbons (Fsp3) is 0.667. The molecule has 0 radical (unpaired) electrons. The lowest BCUT2D eigenvalue weighted by Gasteiger charge is -2.17. The topological polar surface area (TPSA) is 50.1 Å². The molecule has 0 aliphatic carbocycles. The zero-order chi connectivity index (χ0) is 9.84. The van der Waals surface area contributed by atoms with Crippen molar-refractivity contribution in [3.63, 3.8) is 0 Å². The number of imidazole rings is 1. The van der Waals surface area contributed by atoms with Crippen LogP contribution in [0.3, 0.4) is 0 Å². The number of aryl methyl sites for hydroxylation is 1. The van der Waals surface area contributed by atoms with Gasteiger partial charge in [-0.1, -0.05) is 0 Å². The standard InChI is InChI=1S/C9H17N3O/c1-4-12-6-5-10-9(12)11-7(2)8(3)13/h5-8,13H,4H2,1-3H3,(H,10,11). The van der Waals surface area contributed by atoms with Gasteiger partial charge in [-0.2, -0.15) is 0 Å². The molecule has 13 heavy (non-hydrogen) atoms. The molecule has 0 saturated heterocycles. The fourth-order valence-corrected chi connectivity index (χ4v) is 1.03. The molecule has 1 aromatic rings. The zero-order valence-corrected chi connectivity index (χ0v) is 8.36. The van der Waals surface area contributed by atoms with Crippen LogP contribution in [0.4, 0.5) is 5.95 Å². The fourth-order valence-electron chi connectivity index (χ4n) is 1.03. The molecule has 1 rings (SSSR count). The summed E-state index contributed by atoms with van der Waals surface area (Å²) in [6.45, 7) is 6.63. The molecule has 0 aromatic carbocycles. The summed E-state index contributed by atoms with van der Waals surface area (Å²) in [5.74, 6) is 0.816.